The second-order valence-electron chi connectivity index (χ2n) is 3.58. The van der Waals surface area contributed by atoms with E-state index in [1.54, 1.807) is 13.8 Å². The van der Waals surface area contributed by atoms with Gasteiger partial charge < -0.3 is 4.74 Å². The summed E-state index contributed by atoms with van der Waals surface area (Å²) in [5, 5.41) is 0.503. The summed E-state index contributed by atoms with van der Waals surface area (Å²) in [5.41, 5.74) is 2.48. The summed E-state index contributed by atoms with van der Waals surface area (Å²) in [4.78, 5) is 22.1. The highest BCUT2D eigenvalue weighted by Crippen LogP contribution is 2.35. The maximum Gasteiger partial charge on any atom is 0.229 e. The molecule has 0 bridgehead atoms. The Morgan fingerprint density at radius 2 is 1.75 bits per heavy atom. The van der Waals surface area contributed by atoms with Gasteiger partial charge in [0.2, 0.25) is 5.78 Å². The van der Waals surface area contributed by atoms with E-state index in [4.69, 9.17) is 16.3 Å². The summed E-state index contributed by atoms with van der Waals surface area (Å²) in [6.07, 6.45) is 0.274. The monoisotopic (exact) mass is 240 g/mol. The summed E-state index contributed by atoms with van der Waals surface area (Å²) < 4.78 is 5.18. The number of aldehydes is 1. The molecule has 0 fully saturated rings. The number of ether oxygens (including phenoxy) is 1. The van der Waals surface area contributed by atoms with Crippen LogP contribution in [0, 0.1) is 20.8 Å². The second kappa shape index (κ2) is 4.66. The van der Waals surface area contributed by atoms with Crippen molar-refractivity contribution in [1.82, 2.24) is 0 Å². The van der Waals surface area contributed by atoms with E-state index in [0.717, 1.165) is 11.1 Å². The van der Waals surface area contributed by atoms with E-state index in [-0.39, 0.29) is 11.8 Å². The van der Waals surface area contributed by atoms with Crippen LogP contribution in [-0.2, 0) is 4.79 Å². The van der Waals surface area contributed by atoms with Gasteiger partial charge in [-0.2, -0.15) is 0 Å². The topological polar surface area (TPSA) is 43.4 Å². The Kier molecular flexibility index (Phi) is 3.70. The van der Waals surface area contributed by atoms with Gasteiger partial charge in [-0.1, -0.05) is 11.6 Å². The molecule has 1 rings (SSSR count). The molecule has 1 aromatic carbocycles. The zero-order valence-corrected chi connectivity index (χ0v) is 10.4. The Balaban J connectivity index is 3.70. The van der Waals surface area contributed by atoms with Gasteiger partial charge in [0.05, 0.1) is 12.7 Å². The van der Waals surface area contributed by atoms with Crippen molar-refractivity contribution in [2.24, 2.45) is 0 Å². The molecule has 0 N–H and O–H groups in total. The maximum absolute atomic E-state index is 11.5. The lowest BCUT2D eigenvalue weighted by Gasteiger charge is -2.16. The average Bonchev–Trinajstić information content (AvgIpc) is 2.29. The molecule has 0 aliphatic carbocycles. The van der Waals surface area contributed by atoms with Crippen molar-refractivity contribution in [1.29, 1.82) is 0 Å². The van der Waals surface area contributed by atoms with Gasteiger partial charge in [0, 0.05) is 5.02 Å². The number of carbonyl (C=O) groups excluding carboxylic acids is 2. The van der Waals surface area contributed by atoms with Crippen LogP contribution < -0.4 is 4.74 Å². The molecule has 86 valence electrons. The van der Waals surface area contributed by atoms with E-state index >= 15 is 0 Å². The average molecular weight is 241 g/mol. The molecular formula is C12H13ClO3. The van der Waals surface area contributed by atoms with E-state index in [1.165, 1.54) is 7.11 Å². The van der Waals surface area contributed by atoms with Crippen molar-refractivity contribution in [3.05, 3.63) is 27.3 Å². The van der Waals surface area contributed by atoms with Crippen molar-refractivity contribution >= 4 is 23.7 Å². The molecule has 0 heterocycles. The number of halogens is 1. The third-order valence-corrected chi connectivity index (χ3v) is 3.29. The number of hydrogen-bond acceptors (Lipinski definition) is 3. The van der Waals surface area contributed by atoms with Crippen LogP contribution in [0.25, 0.3) is 0 Å². The quantitative estimate of drug-likeness (QED) is 0.464. The highest BCUT2D eigenvalue weighted by molar-refractivity contribution is 6.37. The summed E-state index contributed by atoms with van der Waals surface area (Å²) in [6.45, 7) is 5.36. The maximum atomic E-state index is 11.5. The third-order valence-electron chi connectivity index (χ3n) is 2.72. The van der Waals surface area contributed by atoms with Gasteiger partial charge in [0.25, 0.3) is 0 Å². The number of methoxy groups -OCH3 is 1. The standard InChI is InChI=1S/C12H13ClO3/c1-6-7(2)12(16-4)10(9(15)5-14)8(3)11(6)13/h5H,1-4H3. The largest absolute Gasteiger partial charge is 0.496 e. The number of carbonyl (C=O) groups is 2. The van der Waals surface area contributed by atoms with Gasteiger partial charge in [-0.3, -0.25) is 9.59 Å². The van der Waals surface area contributed by atoms with Gasteiger partial charge in [0.1, 0.15) is 5.75 Å². The van der Waals surface area contributed by atoms with Gasteiger partial charge in [-0.05, 0) is 37.5 Å². The Labute approximate surface area is 99.4 Å². The van der Waals surface area contributed by atoms with Crippen LogP contribution in [0.4, 0.5) is 0 Å². The summed E-state index contributed by atoms with van der Waals surface area (Å²) in [7, 11) is 1.47. The fourth-order valence-corrected chi connectivity index (χ4v) is 1.93. The molecule has 0 unspecified atom stereocenters. The van der Waals surface area contributed by atoms with Gasteiger partial charge in [0.15, 0.2) is 6.29 Å². The zero-order chi connectivity index (χ0) is 12.5. The zero-order valence-electron chi connectivity index (χ0n) is 9.68. The third kappa shape index (κ3) is 1.83. The minimum Gasteiger partial charge on any atom is -0.496 e. The van der Waals surface area contributed by atoms with E-state index < -0.39 is 5.78 Å². The van der Waals surface area contributed by atoms with Crippen LogP contribution in [0.2, 0.25) is 5.02 Å². The van der Waals surface area contributed by atoms with Crippen LogP contribution >= 0.6 is 11.6 Å². The Morgan fingerprint density at radius 3 is 2.19 bits per heavy atom. The molecule has 0 spiro atoms. The fourth-order valence-electron chi connectivity index (χ4n) is 1.69. The van der Waals surface area contributed by atoms with Crippen LogP contribution in [0.3, 0.4) is 0 Å². The van der Waals surface area contributed by atoms with E-state index in [1.807, 2.05) is 6.92 Å². The molecule has 0 atom stereocenters. The minimum atomic E-state index is -0.612. The first-order valence-corrected chi connectivity index (χ1v) is 5.16. The molecule has 0 amide bonds. The summed E-state index contributed by atoms with van der Waals surface area (Å²) in [6, 6.07) is 0. The van der Waals surface area contributed by atoms with Crippen LogP contribution in [0.15, 0.2) is 0 Å². The summed E-state index contributed by atoms with van der Waals surface area (Å²) >= 11 is 6.09. The smallest absolute Gasteiger partial charge is 0.229 e. The Hall–Kier alpha value is -1.35. The Bertz CT molecular complexity index is 464. The van der Waals surface area contributed by atoms with E-state index in [2.05, 4.69) is 0 Å². The summed E-state index contributed by atoms with van der Waals surface area (Å²) in [5.74, 6) is -0.184. The van der Waals surface area contributed by atoms with Crippen molar-refractivity contribution in [2.75, 3.05) is 7.11 Å². The molecule has 0 radical (unpaired) electrons. The van der Waals surface area contributed by atoms with Crippen molar-refractivity contribution < 1.29 is 14.3 Å². The van der Waals surface area contributed by atoms with Crippen LogP contribution in [0.5, 0.6) is 5.75 Å². The molecule has 3 nitrogen and oxygen atoms in total. The van der Waals surface area contributed by atoms with Crippen molar-refractivity contribution in [3.8, 4) is 5.75 Å². The SMILES string of the molecule is COc1c(C)c(C)c(Cl)c(C)c1C(=O)C=O. The van der Waals surface area contributed by atoms with Crippen LogP contribution in [0.1, 0.15) is 27.0 Å². The first kappa shape index (κ1) is 12.7. The Morgan fingerprint density at radius 1 is 1.19 bits per heavy atom. The van der Waals surface area contributed by atoms with Gasteiger partial charge >= 0.3 is 0 Å². The molecule has 0 aliphatic heterocycles. The molecule has 0 saturated heterocycles. The first-order valence-electron chi connectivity index (χ1n) is 4.78. The second-order valence-corrected chi connectivity index (χ2v) is 3.96. The van der Waals surface area contributed by atoms with Crippen LogP contribution in [-0.4, -0.2) is 19.2 Å². The fraction of sp³-hybridized carbons (Fsp3) is 0.333. The highest BCUT2D eigenvalue weighted by Gasteiger charge is 2.21. The van der Waals surface area contributed by atoms with Gasteiger partial charge in [-0.15, -0.1) is 0 Å². The normalized spacial score (nSPS) is 10.1. The predicted octanol–water partition coefficient (Wildman–Crippen LogP) is 2.66. The number of Topliss-reactive ketones (excluding diaryl/α,β-unsaturated/α-hetero) is 1. The van der Waals surface area contributed by atoms with E-state index in [9.17, 15) is 9.59 Å². The van der Waals surface area contributed by atoms with E-state index in [0.29, 0.717) is 16.3 Å². The lowest BCUT2D eigenvalue weighted by molar-refractivity contribution is -0.104. The van der Waals surface area contributed by atoms with Gasteiger partial charge in [-0.25, -0.2) is 0 Å². The molecule has 1 aromatic rings. The number of ketones is 1. The predicted molar refractivity (Wildman–Crippen MR) is 62.6 cm³/mol. The molecule has 0 aliphatic rings. The molecule has 4 heteroatoms. The first-order chi connectivity index (χ1) is 7.45. The molecular weight excluding hydrogens is 228 g/mol. The highest BCUT2D eigenvalue weighted by atomic mass is 35.5. The minimum absolute atomic E-state index is 0.255. The number of benzene rings is 1. The van der Waals surface area contributed by atoms with Crippen molar-refractivity contribution in [3.63, 3.8) is 0 Å². The lowest BCUT2D eigenvalue weighted by atomic mass is 9.96. The molecule has 0 aromatic heterocycles. The molecule has 16 heavy (non-hydrogen) atoms. The lowest BCUT2D eigenvalue weighted by Crippen LogP contribution is -2.09. The number of rotatable bonds is 3. The van der Waals surface area contributed by atoms with Crippen molar-refractivity contribution in [2.45, 2.75) is 20.8 Å². The molecule has 0 saturated carbocycles. The number of hydrogen-bond donors (Lipinski definition) is 0.